The number of aromatic nitrogens is 4. The Morgan fingerprint density at radius 2 is 1.57 bits per heavy atom. The summed E-state index contributed by atoms with van der Waals surface area (Å²) in [7, 11) is -2.62. The Labute approximate surface area is 398 Å². The first-order valence-electron chi connectivity index (χ1n) is 21.0. The van der Waals surface area contributed by atoms with E-state index in [0.717, 1.165) is 26.2 Å². The molecule has 4 aromatic carbocycles. The van der Waals surface area contributed by atoms with E-state index < -0.39 is 25.7 Å². The molecule has 0 aliphatic carbocycles. The van der Waals surface area contributed by atoms with E-state index in [4.69, 9.17) is 47.2 Å². The van der Waals surface area contributed by atoms with Crippen LogP contribution in [0.2, 0.25) is 10.0 Å². The molecule has 15 nitrogen and oxygen atoms in total. The minimum atomic E-state index is -4.72. The van der Waals surface area contributed by atoms with Gasteiger partial charge in [0.25, 0.3) is 0 Å². The van der Waals surface area contributed by atoms with E-state index in [1.165, 1.54) is 41.9 Å². The fourth-order valence-electron chi connectivity index (χ4n) is 7.72. The van der Waals surface area contributed by atoms with Gasteiger partial charge in [0.2, 0.25) is 12.0 Å². The summed E-state index contributed by atoms with van der Waals surface area (Å²) in [6.45, 7) is 8.60. The number of fused-ring (bicyclic) bond motifs is 1. The van der Waals surface area contributed by atoms with Crippen LogP contribution in [0.1, 0.15) is 22.4 Å². The highest BCUT2D eigenvalue weighted by atomic mass is 35.5. The average Bonchev–Trinajstić information content (AvgIpc) is 3.69. The summed E-state index contributed by atoms with van der Waals surface area (Å²) in [6.07, 6.45) is 1.26. The Morgan fingerprint density at radius 3 is 2.25 bits per heavy atom. The summed E-state index contributed by atoms with van der Waals surface area (Å²) in [5.74, 6) is -0.602. The zero-order valence-corrected chi connectivity index (χ0v) is 39.6. The van der Waals surface area contributed by atoms with Gasteiger partial charge in [0.15, 0.2) is 11.6 Å². The van der Waals surface area contributed by atoms with Gasteiger partial charge in [-0.25, -0.2) is 33.7 Å². The molecular weight excluding hydrogens is 945 g/mol. The highest BCUT2D eigenvalue weighted by molar-refractivity contribution is 7.46. The lowest BCUT2D eigenvalue weighted by Gasteiger charge is -2.32. The van der Waals surface area contributed by atoms with E-state index in [-0.39, 0.29) is 24.7 Å². The van der Waals surface area contributed by atoms with Crippen LogP contribution in [-0.2, 0) is 22.4 Å². The number of para-hydroxylation sites is 1. The molecule has 1 aliphatic rings. The molecule has 1 aliphatic heterocycles. The summed E-state index contributed by atoms with van der Waals surface area (Å²) in [5.41, 5.74) is 4.81. The summed E-state index contributed by atoms with van der Waals surface area (Å²) in [6, 6.07) is 20.6. The second-order valence-electron chi connectivity index (χ2n) is 15.8. The molecule has 0 bridgehead atoms. The van der Waals surface area contributed by atoms with E-state index in [9.17, 15) is 18.9 Å². The van der Waals surface area contributed by atoms with Crippen LogP contribution in [0, 0.1) is 19.7 Å². The number of carbonyl (C=O) groups is 1. The predicted octanol–water partition coefficient (Wildman–Crippen LogP) is 9.30. The van der Waals surface area contributed by atoms with Gasteiger partial charge in [0.1, 0.15) is 41.7 Å². The maximum atomic E-state index is 14.3. The van der Waals surface area contributed by atoms with E-state index in [1.807, 2.05) is 13.8 Å². The van der Waals surface area contributed by atoms with Crippen LogP contribution >= 0.6 is 42.4 Å². The highest BCUT2D eigenvalue weighted by Gasteiger charge is 2.30. The fraction of sp³-hybridized carbons (Fsp3) is 0.255. The Balaban J connectivity index is 1.09. The standard InChI is InChI=1S/C47H44Cl2FN6O9PS/c1-27-37(28(2)41(49)42(40(27)48)62-23-22-56-20-18-55(3)19-21-56)38-39-45(52-26-53-46(39)67-43(38)29-8-12-32(50)13-9-29)64-36(47(57)58)24-31-6-4-5-7-35(31)63-25-33-16-17-51-44(54-33)30-10-14-34(15-11-30)65-66(59,60)61/h4-17,26,36H,18-25H2,1-3H3,(H,57,58)(H2,59,60,61)/t36-/m1/s1. The normalized spacial score (nSPS) is 14.0. The van der Waals surface area contributed by atoms with Crippen molar-refractivity contribution in [2.24, 2.45) is 0 Å². The number of thiophene rings is 1. The zero-order valence-electron chi connectivity index (χ0n) is 36.4. The number of nitrogens with zero attached hydrogens (tertiary/aromatic N) is 6. The van der Waals surface area contributed by atoms with Crippen LogP contribution in [-0.4, -0.2) is 103 Å². The van der Waals surface area contributed by atoms with Gasteiger partial charge in [-0.05, 0) is 97.2 Å². The number of benzene rings is 4. The molecule has 4 heterocycles. The van der Waals surface area contributed by atoms with Gasteiger partial charge in [0.05, 0.1) is 21.1 Å². The number of halogens is 3. The molecule has 0 radical (unpaired) electrons. The molecule has 20 heteroatoms. The summed E-state index contributed by atoms with van der Waals surface area (Å²) in [5, 5.41) is 11.7. The third-order valence-corrected chi connectivity index (χ3v) is 13.7. The number of hydrogen-bond acceptors (Lipinski definition) is 13. The van der Waals surface area contributed by atoms with Crippen molar-refractivity contribution in [3.8, 4) is 56.1 Å². The van der Waals surface area contributed by atoms with E-state index in [0.29, 0.717) is 100 Å². The van der Waals surface area contributed by atoms with Crippen molar-refractivity contribution >= 4 is 58.5 Å². The smallest absolute Gasteiger partial charge is 0.489 e. The quantitative estimate of drug-likeness (QED) is 0.0732. The average molecular weight is 990 g/mol. The van der Waals surface area contributed by atoms with Crippen molar-refractivity contribution in [3.05, 3.63) is 130 Å². The highest BCUT2D eigenvalue weighted by Crippen LogP contribution is 2.53. The SMILES string of the molecule is Cc1c(Cl)c(OCCN2CCN(C)CC2)c(Cl)c(C)c1-c1c(-c2ccc(F)cc2)sc2ncnc(O[C@H](Cc3ccccc3OCc3ccnc(-c4ccc(OP(=O)(O)O)cc4)n3)C(=O)O)c12. The van der Waals surface area contributed by atoms with E-state index in [2.05, 4.69) is 41.3 Å². The van der Waals surface area contributed by atoms with Crippen LogP contribution in [0.4, 0.5) is 4.39 Å². The fourth-order valence-corrected chi connectivity index (χ4v) is 9.80. The molecule has 67 heavy (non-hydrogen) atoms. The van der Waals surface area contributed by atoms with Gasteiger partial charge in [-0.1, -0.05) is 53.5 Å². The number of carboxylic acids is 1. The molecule has 3 aromatic heterocycles. The van der Waals surface area contributed by atoms with Gasteiger partial charge in [-0.3, -0.25) is 14.7 Å². The number of phosphoric acid groups is 1. The van der Waals surface area contributed by atoms with Crippen molar-refractivity contribution in [2.45, 2.75) is 33.0 Å². The molecule has 1 saturated heterocycles. The molecule has 0 unspecified atom stereocenters. The van der Waals surface area contributed by atoms with E-state index >= 15 is 0 Å². The number of rotatable bonds is 17. The lowest BCUT2D eigenvalue weighted by Crippen LogP contribution is -2.45. The number of ether oxygens (including phenoxy) is 3. The largest absolute Gasteiger partial charge is 0.524 e. The van der Waals surface area contributed by atoms with Crippen LogP contribution in [0.15, 0.2) is 91.4 Å². The Hall–Kier alpha value is -5.75. The first-order chi connectivity index (χ1) is 32.1. The number of carboxylic acid groups (broad SMARTS) is 1. The molecule has 8 rings (SSSR count). The molecule has 0 spiro atoms. The lowest BCUT2D eigenvalue weighted by atomic mass is 9.92. The van der Waals surface area contributed by atoms with Gasteiger partial charge < -0.3 is 28.7 Å². The summed E-state index contributed by atoms with van der Waals surface area (Å²) >= 11 is 15.6. The molecular formula is C47H44Cl2FN6O9PS. The number of hydrogen-bond donors (Lipinski definition) is 3. The zero-order chi connectivity index (χ0) is 47.4. The maximum absolute atomic E-state index is 14.3. The van der Waals surface area contributed by atoms with Crippen LogP contribution in [0.25, 0.3) is 43.2 Å². The molecule has 1 atom stereocenters. The molecule has 0 amide bonds. The molecule has 0 saturated carbocycles. The van der Waals surface area contributed by atoms with Gasteiger partial charge in [0, 0.05) is 61.3 Å². The molecule has 3 N–H and O–H groups in total. The second kappa shape index (κ2) is 20.6. The van der Waals surface area contributed by atoms with Gasteiger partial charge in [-0.15, -0.1) is 11.3 Å². The molecule has 348 valence electrons. The Morgan fingerprint density at radius 1 is 0.881 bits per heavy atom. The van der Waals surface area contributed by atoms with Gasteiger partial charge >= 0.3 is 13.8 Å². The molecule has 1 fully saturated rings. The van der Waals surface area contributed by atoms with E-state index in [1.54, 1.807) is 60.8 Å². The van der Waals surface area contributed by atoms with Crippen molar-refractivity contribution in [1.82, 2.24) is 29.7 Å². The molecule has 7 aromatic rings. The summed E-state index contributed by atoms with van der Waals surface area (Å²) < 4.78 is 49.1. The second-order valence-corrected chi connectivity index (χ2v) is 18.7. The van der Waals surface area contributed by atoms with Crippen molar-refractivity contribution in [3.63, 3.8) is 0 Å². The van der Waals surface area contributed by atoms with Crippen molar-refractivity contribution < 1.29 is 47.4 Å². The summed E-state index contributed by atoms with van der Waals surface area (Å²) in [4.78, 5) is 55.1. The topological polar surface area (TPSA) is 190 Å². The number of likely N-dealkylation sites (N-methyl/N-ethyl adjacent to an activating group) is 1. The minimum Gasteiger partial charge on any atom is -0.489 e. The number of aliphatic carboxylic acids is 1. The third-order valence-electron chi connectivity index (χ3n) is 11.2. The van der Waals surface area contributed by atoms with Crippen LogP contribution in [0.3, 0.4) is 0 Å². The predicted molar refractivity (Wildman–Crippen MR) is 254 cm³/mol. The first-order valence-corrected chi connectivity index (χ1v) is 24.1. The van der Waals surface area contributed by atoms with Crippen molar-refractivity contribution in [2.75, 3.05) is 46.4 Å². The monoisotopic (exact) mass is 988 g/mol. The lowest BCUT2D eigenvalue weighted by molar-refractivity contribution is -0.145. The minimum absolute atomic E-state index is 0.00352. The van der Waals surface area contributed by atoms with Crippen LogP contribution < -0.4 is 18.7 Å². The van der Waals surface area contributed by atoms with Crippen LogP contribution in [0.5, 0.6) is 23.1 Å². The third kappa shape index (κ3) is 11.2. The Bertz CT molecular complexity index is 2940. The first kappa shape index (κ1) is 47.7. The maximum Gasteiger partial charge on any atom is 0.524 e. The number of phosphoric ester groups is 1. The van der Waals surface area contributed by atoms with Crippen molar-refractivity contribution in [1.29, 1.82) is 0 Å². The Kier molecular flexibility index (Phi) is 14.7. The number of piperazine rings is 1. The van der Waals surface area contributed by atoms with Gasteiger partial charge in [-0.2, -0.15) is 0 Å².